The second kappa shape index (κ2) is 5.31. The zero-order chi connectivity index (χ0) is 12.2. The van der Waals surface area contributed by atoms with E-state index in [0.29, 0.717) is 0 Å². The van der Waals surface area contributed by atoms with Crippen molar-refractivity contribution in [1.82, 2.24) is 19.9 Å². The standard InChI is InChI=1S/C14H18N4/c1-2-7-16-12(3-1)6-8-18-11-15-9-14(18)10-17-13-4-5-13/h1-3,7,9,11,13,17H,4-6,8,10H2. The molecule has 0 aliphatic heterocycles. The highest BCUT2D eigenvalue weighted by molar-refractivity contribution is 5.05. The lowest BCUT2D eigenvalue weighted by atomic mass is 10.2. The molecule has 0 bridgehead atoms. The van der Waals surface area contributed by atoms with Crippen LogP contribution in [0.1, 0.15) is 24.2 Å². The molecule has 0 amide bonds. The molecule has 0 atom stereocenters. The average molecular weight is 242 g/mol. The predicted octanol–water partition coefficient (Wildman–Crippen LogP) is 1.77. The van der Waals surface area contributed by atoms with Crippen LogP contribution in [0.25, 0.3) is 0 Å². The summed E-state index contributed by atoms with van der Waals surface area (Å²) in [7, 11) is 0. The first-order chi connectivity index (χ1) is 8.92. The molecule has 0 spiro atoms. The fourth-order valence-electron chi connectivity index (χ4n) is 2.01. The topological polar surface area (TPSA) is 42.7 Å². The molecular weight excluding hydrogens is 224 g/mol. The average Bonchev–Trinajstić information content (AvgIpc) is 3.14. The molecule has 1 saturated carbocycles. The van der Waals surface area contributed by atoms with Gasteiger partial charge in [0.25, 0.3) is 0 Å². The van der Waals surface area contributed by atoms with Crippen LogP contribution in [-0.4, -0.2) is 20.6 Å². The molecule has 2 heterocycles. The molecule has 3 rings (SSSR count). The minimum atomic E-state index is 0.740. The number of nitrogens with one attached hydrogen (secondary N) is 1. The number of rotatable bonds is 6. The Labute approximate surface area is 107 Å². The van der Waals surface area contributed by atoms with Crippen molar-refractivity contribution in [3.8, 4) is 0 Å². The molecule has 0 radical (unpaired) electrons. The summed E-state index contributed by atoms with van der Waals surface area (Å²) < 4.78 is 2.21. The smallest absolute Gasteiger partial charge is 0.0948 e. The van der Waals surface area contributed by atoms with E-state index in [-0.39, 0.29) is 0 Å². The van der Waals surface area contributed by atoms with Crippen molar-refractivity contribution in [2.45, 2.75) is 38.4 Å². The lowest BCUT2D eigenvalue weighted by Gasteiger charge is -2.08. The maximum atomic E-state index is 4.34. The molecule has 1 N–H and O–H groups in total. The van der Waals surface area contributed by atoms with Gasteiger partial charge in [-0.2, -0.15) is 0 Å². The first-order valence-corrected chi connectivity index (χ1v) is 6.54. The second-order valence-electron chi connectivity index (χ2n) is 4.80. The van der Waals surface area contributed by atoms with Crippen molar-refractivity contribution in [2.75, 3.05) is 0 Å². The van der Waals surface area contributed by atoms with Crippen LogP contribution in [0.4, 0.5) is 0 Å². The van der Waals surface area contributed by atoms with Crippen LogP contribution in [0.3, 0.4) is 0 Å². The molecule has 2 aromatic heterocycles. The van der Waals surface area contributed by atoms with Crippen LogP contribution >= 0.6 is 0 Å². The van der Waals surface area contributed by atoms with Gasteiger partial charge in [0.15, 0.2) is 0 Å². The quantitative estimate of drug-likeness (QED) is 0.839. The Bertz CT molecular complexity index is 488. The molecule has 1 fully saturated rings. The molecule has 94 valence electrons. The number of hydrogen-bond donors (Lipinski definition) is 1. The van der Waals surface area contributed by atoms with Gasteiger partial charge >= 0.3 is 0 Å². The zero-order valence-corrected chi connectivity index (χ0v) is 10.4. The van der Waals surface area contributed by atoms with E-state index in [4.69, 9.17) is 0 Å². The fourth-order valence-corrected chi connectivity index (χ4v) is 2.01. The highest BCUT2D eigenvalue weighted by atomic mass is 15.1. The van der Waals surface area contributed by atoms with E-state index >= 15 is 0 Å². The van der Waals surface area contributed by atoms with E-state index in [2.05, 4.69) is 25.9 Å². The van der Waals surface area contributed by atoms with Gasteiger partial charge in [0.2, 0.25) is 0 Å². The Hall–Kier alpha value is -1.68. The molecule has 4 heteroatoms. The van der Waals surface area contributed by atoms with Gasteiger partial charge in [0, 0.05) is 43.6 Å². The third kappa shape index (κ3) is 2.96. The molecule has 4 nitrogen and oxygen atoms in total. The summed E-state index contributed by atoms with van der Waals surface area (Å²) in [5.74, 6) is 0. The first kappa shape index (κ1) is 11.4. The lowest BCUT2D eigenvalue weighted by molar-refractivity contribution is 0.602. The Morgan fingerprint density at radius 3 is 3.06 bits per heavy atom. The van der Waals surface area contributed by atoms with Crippen LogP contribution in [-0.2, 0) is 19.5 Å². The van der Waals surface area contributed by atoms with E-state index in [0.717, 1.165) is 31.2 Å². The van der Waals surface area contributed by atoms with Crippen LogP contribution in [0.15, 0.2) is 36.9 Å². The number of hydrogen-bond acceptors (Lipinski definition) is 3. The van der Waals surface area contributed by atoms with Gasteiger partial charge in [-0.3, -0.25) is 4.98 Å². The van der Waals surface area contributed by atoms with E-state index in [1.165, 1.54) is 18.5 Å². The van der Waals surface area contributed by atoms with Crippen LogP contribution in [0.5, 0.6) is 0 Å². The van der Waals surface area contributed by atoms with E-state index in [1.54, 1.807) is 0 Å². The molecule has 2 aromatic rings. The largest absolute Gasteiger partial charge is 0.333 e. The molecule has 0 unspecified atom stereocenters. The zero-order valence-electron chi connectivity index (χ0n) is 10.4. The summed E-state index contributed by atoms with van der Waals surface area (Å²) in [6, 6.07) is 6.79. The SMILES string of the molecule is c1ccc(CCn2cncc2CNC2CC2)nc1. The summed E-state index contributed by atoms with van der Waals surface area (Å²) >= 11 is 0. The highest BCUT2D eigenvalue weighted by Crippen LogP contribution is 2.19. The Morgan fingerprint density at radius 1 is 1.33 bits per heavy atom. The number of imidazole rings is 1. The van der Waals surface area contributed by atoms with Gasteiger partial charge in [0.05, 0.1) is 12.0 Å². The van der Waals surface area contributed by atoms with Crippen molar-refractivity contribution in [3.63, 3.8) is 0 Å². The van der Waals surface area contributed by atoms with E-state index in [1.807, 2.05) is 30.9 Å². The summed E-state index contributed by atoms with van der Waals surface area (Å²) in [5.41, 5.74) is 2.39. The third-order valence-electron chi connectivity index (χ3n) is 3.28. The Balaban J connectivity index is 1.56. The maximum Gasteiger partial charge on any atom is 0.0948 e. The summed E-state index contributed by atoms with van der Waals surface area (Å²) in [6.45, 7) is 1.87. The van der Waals surface area contributed by atoms with Crippen molar-refractivity contribution in [1.29, 1.82) is 0 Å². The Morgan fingerprint density at radius 2 is 2.28 bits per heavy atom. The highest BCUT2D eigenvalue weighted by Gasteiger charge is 2.20. The van der Waals surface area contributed by atoms with Gasteiger partial charge < -0.3 is 9.88 Å². The van der Waals surface area contributed by atoms with Crippen molar-refractivity contribution in [2.24, 2.45) is 0 Å². The second-order valence-corrected chi connectivity index (χ2v) is 4.80. The molecule has 1 aliphatic rings. The summed E-state index contributed by atoms with van der Waals surface area (Å²) in [5, 5.41) is 3.52. The van der Waals surface area contributed by atoms with Gasteiger partial charge in [0.1, 0.15) is 0 Å². The Kier molecular flexibility index (Phi) is 3.37. The number of aryl methyl sites for hydroxylation is 2. The van der Waals surface area contributed by atoms with Gasteiger partial charge in [-0.25, -0.2) is 4.98 Å². The number of nitrogens with zero attached hydrogens (tertiary/aromatic N) is 3. The third-order valence-corrected chi connectivity index (χ3v) is 3.28. The maximum absolute atomic E-state index is 4.34. The van der Waals surface area contributed by atoms with Gasteiger partial charge in [-0.1, -0.05) is 6.07 Å². The fraction of sp³-hybridized carbons (Fsp3) is 0.429. The van der Waals surface area contributed by atoms with Crippen LogP contribution < -0.4 is 5.32 Å². The lowest BCUT2D eigenvalue weighted by Crippen LogP contribution is -2.18. The van der Waals surface area contributed by atoms with Crippen molar-refractivity contribution < 1.29 is 0 Å². The normalized spacial score (nSPS) is 14.9. The van der Waals surface area contributed by atoms with Crippen LogP contribution in [0, 0.1) is 0 Å². The summed E-state index contributed by atoms with van der Waals surface area (Å²) in [4.78, 5) is 8.58. The monoisotopic (exact) mass is 242 g/mol. The molecule has 18 heavy (non-hydrogen) atoms. The van der Waals surface area contributed by atoms with Gasteiger partial charge in [-0.15, -0.1) is 0 Å². The van der Waals surface area contributed by atoms with Crippen molar-refractivity contribution in [3.05, 3.63) is 48.3 Å². The van der Waals surface area contributed by atoms with Gasteiger partial charge in [-0.05, 0) is 25.0 Å². The minimum absolute atomic E-state index is 0.740. The predicted molar refractivity (Wildman–Crippen MR) is 70.0 cm³/mol. The first-order valence-electron chi connectivity index (χ1n) is 6.54. The molecule has 0 aromatic carbocycles. The minimum Gasteiger partial charge on any atom is -0.333 e. The van der Waals surface area contributed by atoms with E-state index in [9.17, 15) is 0 Å². The van der Waals surface area contributed by atoms with Crippen molar-refractivity contribution >= 4 is 0 Å². The van der Waals surface area contributed by atoms with E-state index < -0.39 is 0 Å². The molecule has 1 aliphatic carbocycles. The van der Waals surface area contributed by atoms with Crippen LogP contribution in [0.2, 0.25) is 0 Å². The number of aromatic nitrogens is 3. The summed E-state index contributed by atoms with van der Waals surface area (Å²) in [6.07, 6.45) is 9.30. The molecule has 0 saturated heterocycles. The molecular formula is C14H18N4. The number of pyridine rings is 1.